The van der Waals surface area contributed by atoms with Gasteiger partial charge in [-0.1, -0.05) is 0 Å². The molecule has 7 heteroatoms. The second-order valence-electron chi connectivity index (χ2n) is 5.00. The van der Waals surface area contributed by atoms with Crippen molar-refractivity contribution in [1.29, 1.82) is 0 Å². The third-order valence-electron chi connectivity index (χ3n) is 3.86. The van der Waals surface area contributed by atoms with Crippen LogP contribution in [-0.2, 0) is 4.74 Å². The zero-order valence-corrected chi connectivity index (χ0v) is 11.4. The van der Waals surface area contributed by atoms with Crippen molar-refractivity contribution in [2.45, 2.75) is 24.9 Å². The Morgan fingerprint density at radius 3 is 2.90 bits per heavy atom. The van der Waals surface area contributed by atoms with Crippen LogP contribution in [-0.4, -0.2) is 39.0 Å². The van der Waals surface area contributed by atoms with E-state index in [0.717, 1.165) is 12.8 Å². The molecule has 0 radical (unpaired) electrons. The van der Waals surface area contributed by atoms with E-state index in [1.54, 1.807) is 24.2 Å². The van der Waals surface area contributed by atoms with E-state index in [1.807, 2.05) is 6.07 Å². The summed E-state index contributed by atoms with van der Waals surface area (Å²) in [6.45, 7) is 0.698. The number of nitrogens with one attached hydrogen (secondary N) is 1. The molecule has 0 unspecified atom stereocenters. The minimum absolute atomic E-state index is 0.0801. The number of nitrogens with zero attached hydrogens (tertiary/aromatic N) is 4. The van der Waals surface area contributed by atoms with E-state index >= 15 is 0 Å². The number of aromatic nitrogens is 4. The van der Waals surface area contributed by atoms with Crippen LogP contribution in [0.15, 0.2) is 24.8 Å². The Balaban J connectivity index is 1.79. The smallest absolute Gasteiger partial charge is 0.181 e. The van der Waals surface area contributed by atoms with Gasteiger partial charge < -0.3 is 15.8 Å². The van der Waals surface area contributed by atoms with Crippen LogP contribution < -0.4 is 11.1 Å². The van der Waals surface area contributed by atoms with Crippen molar-refractivity contribution < 1.29 is 4.74 Å². The topological polar surface area (TPSA) is 90.9 Å². The minimum atomic E-state index is -0.0801. The molecule has 1 fully saturated rings. The van der Waals surface area contributed by atoms with E-state index < -0.39 is 0 Å². The van der Waals surface area contributed by atoms with E-state index in [9.17, 15) is 0 Å². The zero-order valence-electron chi connectivity index (χ0n) is 11.4. The second-order valence-corrected chi connectivity index (χ2v) is 5.00. The normalized spacial score (nSPS) is 16.6. The van der Waals surface area contributed by atoms with Gasteiger partial charge in [0.2, 0.25) is 0 Å². The Morgan fingerprint density at radius 2 is 2.30 bits per heavy atom. The van der Waals surface area contributed by atoms with Gasteiger partial charge in [-0.15, -0.1) is 0 Å². The minimum Gasteiger partial charge on any atom is -0.393 e. The summed E-state index contributed by atoms with van der Waals surface area (Å²) in [6.07, 6.45) is 8.29. The maximum atomic E-state index is 6.12. The molecule has 1 aliphatic rings. The highest BCUT2D eigenvalue weighted by Crippen LogP contribution is 2.35. The Hall–Kier alpha value is -2.15. The van der Waals surface area contributed by atoms with Crippen molar-refractivity contribution in [3.63, 3.8) is 0 Å². The summed E-state index contributed by atoms with van der Waals surface area (Å²) in [7, 11) is 1.75. The highest BCUT2D eigenvalue weighted by molar-refractivity contribution is 5.68. The zero-order chi connectivity index (χ0) is 14.0. The summed E-state index contributed by atoms with van der Waals surface area (Å²) in [4.78, 5) is 8.37. The van der Waals surface area contributed by atoms with Crippen LogP contribution in [0.5, 0.6) is 0 Å². The van der Waals surface area contributed by atoms with Gasteiger partial charge >= 0.3 is 0 Å². The van der Waals surface area contributed by atoms with Gasteiger partial charge in [0.15, 0.2) is 11.6 Å². The summed E-state index contributed by atoms with van der Waals surface area (Å²) < 4.78 is 7.20. The SMILES string of the molecule is COC1(CNc2ncnc(-n3cccn3)c2N)CCC1. The molecule has 0 aromatic carbocycles. The number of nitrogens with two attached hydrogens (primary N) is 1. The molecule has 3 rings (SSSR count). The Morgan fingerprint density at radius 1 is 1.45 bits per heavy atom. The Kier molecular flexibility index (Phi) is 3.27. The number of methoxy groups -OCH3 is 1. The fraction of sp³-hybridized carbons (Fsp3) is 0.462. The lowest BCUT2D eigenvalue weighted by molar-refractivity contribution is -0.0601. The first kappa shape index (κ1) is 12.9. The first-order valence-corrected chi connectivity index (χ1v) is 6.64. The molecular weight excluding hydrogens is 256 g/mol. The highest BCUT2D eigenvalue weighted by atomic mass is 16.5. The molecule has 0 saturated heterocycles. The van der Waals surface area contributed by atoms with Gasteiger partial charge in [0.25, 0.3) is 0 Å². The van der Waals surface area contributed by atoms with Gasteiger partial charge in [0.1, 0.15) is 12.0 Å². The van der Waals surface area contributed by atoms with Crippen molar-refractivity contribution in [3.8, 4) is 5.82 Å². The van der Waals surface area contributed by atoms with Crippen molar-refractivity contribution in [2.75, 3.05) is 24.7 Å². The summed E-state index contributed by atoms with van der Waals surface area (Å²) in [5, 5.41) is 7.40. The van der Waals surface area contributed by atoms with Gasteiger partial charge in [-0.05, 0) is 25.3 Å². The molecule has 0 amide bonds. The predicted octanol–water partition coefficient (Wildman–Crippen LogP) is 1.23. The van der Waals surface area contributed by atoms with Crippen LogP contribution in [0.3, 0.4) is 0 Å². The summed E-state index contributed by atoms with van der Waals surface area (Å²) in [5.41, 5.74) is 6.52. The number of hydrogen-bond acceptors (Lipinski definition) is 6. The molecule has 3 N–H and O–H groups in total. The van der Waals surface area contributed by atoms with Gasteiger partial charge in [-0.3, -0.25) is 0 Å². The van der Waals surface area contributed by atoms with Crippen LogP contribution in [0.4, 0.5) is 11.5 Å². The second kappa shape index (κ2) is 5.09. The van der Waals surface area contributed by atoms with Gasteiger partial charge in [-0.25, -0.2) is 14.6 Å². The third-order valence-corrected chi connectivity index (χ3v) is 3.86. The molecule has 0 aliphatic heterocycles. The van der Waals surface area contributed by atoms with Crippen LogP contribution in [0, 0.1) is 0 Å². The molecule has 2 aromatic rings. The molecule has 2 aromatic heterocycles. The van der Waals surface area contributed by atoms with Crippen molar-refractivity contribution in [2.24, 2.45) is 0 Å². The molecule has 20 heavy (non-hydrogen) atoms. The van der Waals surface area contributed by atoms with Crippen molar-refractivity contribution >= 4 is 11.5 Å². The fourth-order valence-corrected chi connectivity index (χ4v) is 2.37. The maximum absolute atomic E-state index is 6.12. The van der Waals surface area contributed by atoms with Crippen LogP contribution in [0.1, 0.15) is 19.3 Å². The molecule has 1 saturated carbocycles. The van der Waals surface area contributed by atoms with E-state index in [0.29, 0.717) is 23.9 Å². The maximum Gasteiger partial charge on any atom is 0.181 e. The Bertz CT molecular complexity index is 573. The molecule has 2 heterocycles. The summed E-state index contributed by atoms with van der Waals surface area (Å²) >= 11 is 0. The van der Waals surface area contributed by atoms with E-state index in [-0.39, 0.29) is 5.60 Å². The van der Waals surface area contributed by atoms with E-state index in [4.69, 9.17) is 10.5 Å². The number of anilines is 2. The van der Waals surface area contributed by atoms with Crippen LogP contribution in [0.2, 0.25) is 0 Å². The Labute approximate surface area is 117 Å². The number of rotatable bonds is 5. The summed E-state index contributed by atoms with van der Waals surface area (Å²) in [5.74, 6) is 1.20. The van der Waals surface area contributed by atoms with Gasteiger partial charge in [-0.2, -0.15) is 5.10 Å². The highest BCUT2D eigenvalue weighted by Gasteiger charge is 2.37. The first-order chi connectivity index (χ1) is 9.74. The van der Waals surface area contributed by atoms with Gasteiger partial charge in [0.05, 0.1) is 5.60 Å². The van der Waals surface area contributed by atoms with Crippen LogP contribution in [0.25, 0.3) is 5.82 Å². The standard InChI is InChI=1S/C13H18N6O/c1-20-13(4-2-5-13)8-15-11-10(14)12(17-9-16-11)19-7-3-6-18-19/h3,6-7,9H,2,4-5,8,14H2,1H3,(H,15,16,17). The molecule has 1 aliphatic carbocycles. The molecular formula is C13H18N6O. The van der Waals surface area contributed by atoms with E-state index in [1.165, 1.54) is 12.7 Å². The summed E-state index contributed by atoms with van der Waals surface area (Å²) in [6, 6.07) is 1.82. The first-order valence-electron chi connectivity index (χ1n) is 6.64. The number of hydrogen-bond donors (Lipinski definition) is 2. The van der Waals surface area contributed by atoms with E-state index in [2.05, 4.69) is 20.4 Å². The molecule has 0 spiro atoms. The molecule has 7 nitrogen and oxygen atoms in total. The van der Waals surface area contributed by atoms with Gasteiger partial charge in [0, 0.05) is 26.0 Å². The lowest BCUT2D eigenvalue weighted by Gasteiger charge is -2.40. The molecule has 0 atom stereocenters. The van der Waals surface area contributed by atoms with Crippen LogP contribution >= 0.6 is 0 Å². The number of ether oxygens (including phenoxy) is 1. The molecule has 0 bridgehead atoms. The van der Waals surface area contributed by atoms with Crippen molar-refractivity contribution in [3.05, 3.63) is 24.8 Å². The average molecular weight is 274 g/mol. The lowest BCUT2D eigenvalue weighted by atomic mass is 9.80. The third kappa shape index (κ3) is 2.20. The quantitative estimate of drug-likeness (QED) is 0.852. The van der Waals surface area contributed by atoms with Crippen molar-refractivity contribution in [1.82, 2.24) is 19.7 Å². The molecule has 106 valence electrons. The average Bonchev–Trinajstić information content (AvgIpc) is 2.93. The number of nitrogen functional groups attached to an aromatic ring is 1. The monoisotopic (exact) mass is 274 g/mol. The fourth-order valence-electron chi connectivity index (χ4n) is 2.37. The predicted molar refractivity (Wildman–Crippen MR) is 75.6 cm³/mol. The largest absolute Gasteiger partial charge is 0.393 e. The lowest BCUT2D eigenvalue weighted by Crippen LogP contribution is -2.45.